The Labute approximate surface area is 444 Å². The summed E-state index contributed by atoms with van der Waals surface area (Å²) in [5.41, 5.74) is 5.09. The average molecular weight is 1060 g/mol. The maximum Gasteiger partial charge on any atom is 0.241 e. The lowest BCUT2D eigenvalue weighted by molar-refractivity contribution is -0.115. The molecule has 2 aromatic carbocycles. The molecule has 0 bridgehead atoms. The molecule has 1 aromatic heterocycles. The number of aldehydes is 1. The maximum absolute atomic E-state index is 10.4. The number of carbonyl (C=O) groups excluding carboxylic acids is 1. The van der Waals surface area contributed by atoms with Gasteiger partial charge in [-0.05, 0) is 153 Å². The quantitative estimate of drug-likeness (QED) is 0.0452. The Balaban J connectivity index is 0.000000224. The molecule has 3 heterocycles. The van der Waals surface area contributed by atoms with Gasteiger partial charge in [0, 0.05) is 50.4 Å². The summed E-state index contributed by atoms with van der Waals surface area (Å²) >= 11 is 1.82. The zero-order valence-electron chi connectivity index (χ0n) is 47.0. The number of ether oxygens (including phenoxy) is 4. The fourth-order valence-electron chi connectivity index (χ4n) is 9.52. The molecule has 9 atom stereocenters. The Hall–Kier alpha value is -2.76. The van der Waals surface area contributed by atoms with E-state index in [4.69, 9.17) is 32.2 Å². The van der Waals surface area contributed by atoms with E-state index in [2.05, 4.69) is 184 Å². The molecule has 1 saturated carbocycles. The van der Waals surface area contributed by atoms with Crippen molar-refractivity contribution in [3.05, 3.63) is 130 Å². The minimum absolute atomic E-state index is 0.0653. The van der Waals surface area contributed by atoms with Gasteiger partial charge in [-0.3, -0.25) is 4.79 Å². The van der Waals surface area contributed by atoms with E-state index >= 15 is 0 Å². The van der Waals surface area contributed by atoms with Crippen LogP contribution >= 0.6 is 11.3 Å². The van der Waals surface area contributed by atoms with Gasteiger partial charge >= 0.3 is 0 Å². The first kappa shape index (κ1) is 60.1. The largest absolute Gasteiger partial charge is 0.550 e. The molecule has 72 heavy (non-hydrogen) atoms. The van der Waals surface area contributed by atoms with Gasteiger partial charge in [0.05, 0.1) is 24.6 Å². The zero-order chi connectivity index (χ0) is 52.7. The fraction of sp³-hybridized carbons (Fsp3) is 0.617. The topological polar surface area (TPSA) is 81.7 Å². The monoisotopic (exact) mass is 1060 g/mol. The van der Waals surface area contributed by atoms with E-state index in [0.717, 1.165) is 82.5 Å². The Morgan fingerprint density at radius 1 is 0.708 bits per heavy atom. The number of rotatable bonds is 21. The molecule has 400 valence electrons. The number of fused-ring (bicyclic) bond motifs is 2. The minimum atomic E-state index is -1.86. The van der Waals surface area contributed by atoms with Crippen molar-refractivity contribution in [3.8, 4) is 0 Å². The third-order valence-corrected chi connectivity index (χ3v) is 26.6. The Morgan fingerprint density at radius 3 is 1.83 bits per heavy atom. The summed E-state index contributed by atoms with van der Waals surface area (Å²) in [6.07, 6.45) is 21.4. The van der Waals surface area contributed by atoms with E-state index in [9.17, 15) is 4.79 Å². The first-order valence-corrected chi connectivity index (χ1v) is 37.0. The molecule has 2 unspecified atom stereocenters. The molecule has 0 spiro atoms. The van der Waals surface area contributed by atoms with Gasteiger partial charge in [0.1, 0.15) is 6.29 Å². The molecule has 3 aromatic rings. The lowest BCUT2D eigenvalue weighted by Gasteiger charge is -2.40. The molecule has 0 amide bonds. The van der Waals surface area contributed by atoms with Gasteiger partial charge in [-0.15, -0.1) is 11.3 Å². The summed E-state index contributed by atoms with van der Waals surface area (Å²) in [5, 5.41) is 2.58. The first-order chi connectivity index (χ1) is 33.9. The van der Waals surface area contributed by atoms with Crippen molar-refractivity contribution < 1.29 is 37.0 Å². The van der Waals surface area contributed by atoms with Crippen LogP contribution in [0.3, 0.4) is 0 Å². The van der Waals surface area contributed by atoms with Crippen molar-refractivity contribution in [1.29, 1.82) is 0 Å². The zero-order valence-corrected chi connectivity index (χ0v) is 50.9. The molecule has 7 rings (SSSR count). The van der Waals surface area contributed by atoms with Crippen LogP contribution in [0.5, 0.6) is 0 Å². The Kier molecular flexibility index (Phi) is 22.8. The van der Waals surface area contributed by atoms with E-state index in [1.54, 1.807) is 14.2 Å². The van der Waals surface area contributed by atoms with E-state index < -0.39 is 25.0 Å². The molecule has 0 radical (unpaired) electrons. The number of hydrogen-bond acceptors (Lipinski definition) is 9. The van der Waals surface area contributed by atoms with E-state index in [1.165, 1.54) is 21.6 Å². The summed E-state index contributed by atoms with van der Waals surface area (Å²) in [6, 6.07) is 25.9. The summed E-state index contributed by atoms with van der Waals surface area (Å²) in [6.45, 7) is 30.1. The second-order valence-corrected chi connectivity index (χ2v) is 39.5. The number of carbonyl (C=O) groups is 1. The van der Waals surface area contributed by atoms with E-state index in [0.29, 0.717) is 17.8 Å². The molecular weight excluding hydrogens is 965 g/mol. The molecule has 12 heteroatoms. The van der Waals surface area contributed by atoms with Gasteiger partial charge in [-0.2, -0.15) is 0 Å². The number of hydrogen-bond donors (Lipinski definition) is 0. The molecule has 0 N–H and O–H groups in total. The Morgan fingerprint density at radius 2 is 1.29 bits per heavy atom. The van der Waals surface area contributed by atoms with Gasteiger partial charge < -0.3 is 32.2 Å². The van der Waals surface area contributed by atoms with Crippen LogP contribution in [-0.2, 0) is 56.3 Å². The highest BCUT2D eigenvalue weighted by Crippen LogP contribution is 2.49. The van der Waals surface area contributed by atoms with Crippen LogP contribution in [0.2, 0.25) is 55.9 Å². The number of benzene rings is 2. The van der Waals surface area contributed by atoms with Gasteiger partial charge in [0.25, 0.3) is 0 Å². The van der Waals surface area contributed by atoms with Crippen molar-refractivity contribution in [2.75, 3.05) is 14.2 Å². The van der Waals surface area contributed by atoms with Crippen molar-refractivity contribution in [2.45, 2.75) is 205 Å². The molecule has 8 nitrogen and oxygen atoms in total. The lowest BCUT2D eigenvalue weighted by atomic mass is 9.86. The highest BCUT2D eigenvalue weighted by atomic mass is 32.1. The van der Waals surface area contributed by atoms with Crippen LogP contribution in [0.4, 0.5) is 0 Å². The van der Waals surface area contributed by atoms with Gasteiger partial charge in [0.2, 0.25) is 8.32 Å². The summed E-state index contributed by atoms with van der Waals surface area (Å²) in [4.78, 5) is 11.8. The molecular formula is C60H94O8SSi3. The fourth-order valence-corrected chi connectivity index (χ4v) is 13.4. The number of aryl methyl sites for hydroxylation is 2. The standard InChI is InChI=1S/C29H50O4Si2.C22H32OSSi.C9H12O3/c1-29(2,3)35(8,9)33-24(16-15-22-13-11-10-12-14-22)17-18-25-23(21-31-34(5,6)7)19-27-26(25)20-28(30-4)32-27;1-22(2,3)25(4,5)23-20(13-9-14-21-15-10-18-24-21)17-16-19-11-7-6-8-12-19;1-11-9-4-7-2-6(5-10)3-8(7)12-9/h10-14,21,24-28H,15-20H2,1-9H3;6-13,15,18,20H,14,16-17H2,1-5H3;2,5,7-9H,3-4H2,1H3/b;13-9+;/t24-,25-,26+,27-,28?;20-;7-,8-,9?/m010/s1. The van der Waals surface area contributed by atoms with Gasteiger partial charge in [-0.25, -0.2) is 0 Å². The average Bonchev–Trinajstić information content (AvgIpc) is 4.17. The Bertz CT molecular complexity index is 2140. The normalized spacial score (nSPS) is 24.7. The molecule has 2 saturated heterocycles. The van der Waals surface area contributed by atoms with Crippen LogP contribution in [0.1, 0.15) is 109 Å². The van der Waals surface area contributed by atoms with Crippen molar-refractivity contribution >= 4 is 42.6 Å². The van der Waals surface area contributed by atoms with E-state index in [-0.39, 0.29) is 47.1 Å². The van der Waals surface area contributed by atoms with Crippen LogP contribution < -0.4 is 0 Å². The maximum atomic E-state index is 10.4. The molecule has 2 aliphatic carbocycles. The van der Waals surface area contributed by atoms with E-state index in [1.807, 2.05) is 17.4 Å². The third kappa shape index (κ3) is 18.8. The summed E-state index contributed by atoms with van der Waals surface area (Å²) < 4.78 is 42.4. The predicted octanol–water partition coefficient (Wildman–Crippen LogP) is 15.7. The highest BCUT2D eigenvalue weighted by molar-refractivity contribution is 7.09. The minimum Gasteiger partial charge on any atom is -0.550 e. The van der Waals surface area contributed by atoms with Gasteiger partial charge in [0.15, 0.2) is 29.2 Å². The summed E-state index contributed by atoms with van der Waals surface area (Å²) in [7, 11) is -1.84. The van der Waals surface area contributed by atoms with Crippen molar-refractivity contribution in [2.24, 2.45) is 17.8 Å². The SMILES string of the molecule is CC(C)(C)[Si](C)(C)O[C@H](/C=C/Cc1cccs1)CCc1ccccc1.COC1C[C@@H]2C=C(C=O)C[C@@H]2O1.COC1C[C@H]2[C@H](CC(=CO[Si](C)(C)C)[C@@H]2CC[C@H](CCc2ccccc2)O[Si](C)(C)C(C)(C)C)O1. The molecule has 3 fully saturated rings. The van der Waals surface area contributed by atoms with Crippen LogP contribution in [-0.4, -0.2) is 82.5 Å². The second-order valence-electron chi connectivity index (χ2n) is 24.5. The number of thiophene rings is 1. The van der Waals surface area contributed by atoms with Crippen LogP contribution in [0.15, 0.2) is 114 Å². The van der Waals surface area contributed by atoms with Gasteiger partial charge in [-0.1, -0.05) is 127 Å². The van der Waals surface area contributed by atoms with Crippen LogP contribution in [0, 0.1) is 17.8 Å². The van der Waals surface area contributed by atoms with Crippen LogP contribution in [0.25, 0.3) is 0 Å². The second kappa shape index (κ2) is 27.3. The smallest absolute Gasteiger partial charge is 0.241 e. The molecule has 2 aliphatic heterocycles. The predicted molar refractivity (Wildman–Crippen MR) is 307 cm³/mol. The van der Waals surface area contributed by atoms with Crippen molar-refractivity contribution in [1.82, 2.24) is 0 Å². The number of methoxy groups -OCH3 is 2. The van der Waals surface area contributed by atoms with Crippen molar-refractivity contribution in [3.63, 3.8) is 0 Å². The summed E-state index contributed by atoms with van der Waals surface area (Å²) in [5.74, 6) is 1.40. The first-order valence-electron chi connectivity index (χ1n) is 26.9. The number of allylic oxidation sites excluding steroid dienone is 1. The molecule has 4 aliphatic rings. The lowest BCUT2D eigenvalue weighted by Crippen LogP contribution is -2.44. The third-order valence-electron chi connectivity index (χ3n) is 15.8. The highest BCUT2D eigenvalue weighted by Gasteiger charge is 2.48.